The van der Waals surface area contributed by atoms with Crippen molar-refractivity contribution >= 4 is 5.82 Å². The maximum atomic E-state index is 5.76. The molecule has 2 rings (SSSR count). The van der Waals surface area contributed by atoms with E-state index < -0.39 is 0 Å². The molecular weight excluding hydrogens is 244 g/mol. The van der Waals surface area contributed by atoms with Crippen molar-refractivity contribution in [1.29, 1.82) is 0 Å². The zero-order chi connectivity index (χ0) is 13.8. The molecule has 1 heterocycles. The predicted octanol–water partition coefficient (Wildman–Crippen LogP) is 2.18. The van der Waals surface area contributed by atoms with Gasteiger partial charge in [0.05, 0.1) is 7.11 Å². The van der Waals surface area contributed by atoms with E-state index >= 15 is 0 Å². The Morgan fingerprint density at radius 3 is 2.63 bits per heavy atom. The lowest BCUT2D eigenvalue weighted by atomic mass is 10.1. The van der Waals surface area contributed by atoms with Gasteiger partial charge in [-0.15, -0.1) is 0 Å². The third-order valence-electron chi connectivity index (χ3n) is 2.65. The van der Waals surface area contributed by atoms with Gasteiger partial charge < -0.3 is 14.9 Å². The van der Waals surface area contributed by atoms with Crippen LogP contribution in [0.3, 0.4) is 0 Å². The highest BCUT2D eigenvalue weighted by Crippen LogP contribution is 2.34. The van der Waals surface area contributed by atoms with Gasteiger partial charge in [0.1, 0.15) is 12.1 Å². The van der Waals surface area contributed by atoms with E-state index in [2.05, 4.69) is 15.4 Å². The van der Waals surface area contributed by atoms with Crippen LogP contribution in [0.25, 0.3) is 0 Å². The molecule has 100 valence electrons. The minimum absolute atomic E-state index is 0.317. The summed E-state index contributed by atoms with van der Waals surface area (Å²) in [5.41, 5.74) is 4.63. The lowest BCUT2D eigenvalue weighted by Crippen LogP contribution is -2.11. The number of nitrogen functional groups attached to an aromatic ring is 1. The van der Waals surface area contributed by atoms with E-state index in [-0.39, 0.29) is 0 Å². The highest BCUT2D eigenvalue weighted by molar-refractivity contribution is 5.55. The van der Waals surface area contributed by atoms with Gasteiger partial charge in [-0.2, -0.15) is 4.98 Å². The van der Waals surface area contributed by atoms with Crippen molar-refractivity contribution in [2.45, 2.75) is 13.8 Å². The quantitative estimate of drug-likeness (QED) is 0.647. The first-order valence-corrected chi connectivity index (χ1v) is 5.76. The van der Waals surface area contributed by atoms with Gasteiger partial charge in [0.15, 0.2) is 5.82 Å². The van der Waals surface area contributed by atoms with E-state index in [0.717, 1.165) is 5.56 Å². The lowest BCUT2D eigenvalue weighted by molar-refractivity contribution is 0.368. The van der Waals surface area contributed by atoms with E-state index in [1.807, 2.05) is 32.0 Å². The Balaban J connectivity index is 2.37. The number of rotatable bonds is 4. The molecule has 0 aliphatic rings. The molecule has 1 aromatic carbocycles. The van der Waals surface area contributed by atoms with E-state index in [9.17, 15) is 0 Å². The number of nitrogens with one attached hydrogen (secondary N) is 1. The molecule has 0 aliphatic heterocycles. The molecule has 0 saturated carbocycles. The van der Waals surface area contributed by atoms with Gasteiger partial charge in [-0.1, -0.05) is 17.7 Å². The fourth-order valence-corrected chi connectivity index (χ4v) is 1.74. The Morgan fingerprint density at radius 2 is 2.00 bits per heavy atom. The second kappa shape index (κ2) is 5.53. The maximum Gasteiger partial charge on any atom is 0.268 e. The average molecular weight is 260 g/mol. The van der Waals surface area contributed by atoms with Crippen LogP contribution in [-0.4, -0.2) is 17.1 Å². The van der Waals surface area contributed by atoms with Crippen LogP contribution in [0, 0.1) is 13.8 Å². The van der Waals surface area contributed by atoms with E-state index in [4.69, 9.17) is 15.3 Å². The van der Waals surface area contributed by atoms with Gasteiger partial charge in [-0.25, -0.2) is 10.8 Å². The molecular formula is C13H16N4O2. The number of anilines is 1. The fraction of sp³-hybridized carbons (Fsp3) is 0.231. The van der Waals surface area contributed by atoms with Crippen molar-refractivity contribution in [1.82, 2.24) is 9.97 Å². The van der Waals surface area contributed by atoms with Crippen molar-refractivity contribution in [3.05, 3.63) is 35.7 Å². The molecule has 0 bridgehead atoms. The molecule has 6 heteroatoms. The van der Waals surface area contributed by atoms with Crippen LogP contribution in [0.15, 0.2) is 24.5 Å². The molecule has 1 aromatic heterocycles. The number of hydrazine groups is 1. The van der Waals surface area contributed by atoms with Gasteiger partial charge >= 0.3 is 0 Å². The van der Waals surface area contributed by atoms with E-state index in [1.54, 1.807) is 0 Å². The average Bonchev–Trinajstić information content (AvgIpc) is 2.41. The molecule has 0 fully saturated rings. The number of aromatic nitrogens is 2. The van der Waals surface area contributed by atoms with Crippen LogP contribution in [0.2, 0.25) is 0 Å². The fourth-order valence-electron chi connectivity index (χ4n) is 1.74. The summed E-state index contributed by atoms with van der Waals surface area (Å²) in [6, 6.07) is 5.89. The Hall–Kier alpha value is -2.34. The zero-order valence-corrected chi connectivity index (χ0v) is 11.1. The second-order valence-corrected chi connectivity index (χ2v) is 4.08. The topological polar surface area (TPSA) is 82.3 Å². The summed E-state index contributed by atoms with van der Waals surface area (Å²) in [5, 5.41) is 0. The third-order valence-corrected chi connectivity index (χ3v) is 2.65. The number of aryl methyl sites for hydroxylation is 2. The first kappa shape index (κ1) is 13.1. The van der Waals surface area contributed by atoms with Gasteiger partial charge in [0.2, 0.25) is 5.75 Å². The number of hydrogen-bond donors (Lipinski definition) is 2. The minimum atomic E-state index is 0.317. The largest absolute Gasteiger partial charge is 0.489 e. The van der Waals surface area contributed by atoms with Gasteiger partial charge in [-0.05, 0) is 25.5 Å². The molecule has 19 heavy (non-hydrogen) atoms. The van der Waals surface area contributed by atoms with Crippen LogP contribution < -0.4 is 20.7 Å². The van der Waals surface area contributed by atoms with Crippen molar-refractivity contribution in [3.63, 3.8) is 0 Å². The molecule has 3 N–H and O–H groups in total. The third kappa shape index (κ3) is 2.74. The Labute approximate surface area is 111 Å². The van der Waals surface area contributed by atoms with Crippen LogP contribution in [0.4, 0.5) is 5.82 Å². The number of ether oxygens (including phenoxy) is 2. The number of benzene rings is 1. The summed E-state index contributed by atoms with van der Waals surface area (Å²) in [6.45, 7) is 4.00. The molecule has 0 radical (unpaired) electrons. The van der Waals surface area contributed by atoms with Crippen molar-refractivity contribution in [2.75, 3.05) is 12.5 Å². The summed E-state index contributed by atoms with van der Waals surface area (Å²) >= 11 is 0. The summed E-state index contributed by atoms with van der Waals surface area (Å²) < 4.78 is 11.0. The molecule has 0 atom stereocenters. The first-order valence-electron chi connectivity index (χ1n) is 5.76. The van der Waals surface area contributed by atoms with E-state index in [1.165, 1.54) is 19.0 Å². The normalized spacial score (nSPS) is 10.1. The second-order valence-electron chi connectivity index (χ2n) is 4.08. The van der Waals surface area contributed by atoms with E-state index in [0.29, 0.717) is 23.2 Å². The van der Waals surface area contributed by atoms with Crippen LogP contribution in [-0.2, 0) is 0 Å². The number of nitrogens with two attached hydrogens (primary N) is 1. The summed E-state index contributed by atoms with van der Waals surface area (Å²) in [5.74, 6) is 7.13. The highest BCUT2D eigenvalue weighted by Gasteiger charge is 2.14. The molecule has 0 amide bonds. The highest BCUT2D eigenvalue weighted by atomic mass is 16.5. The van der Waals surface area contributed by atoms with Crippen molar-refractivity contribution in [2.24, 2.45) is 5.84 Å². The minimum Gasteiger partial charge on any atom is -0.489 e. The van der Waals surface area contributed by atoms with Gasteiger partial charge in [-0.3, -0.25) is 0 Å². The molecule has 2 aromatic rings. The molecule has 0 spiro atoms. The van der Waals surface area contributed by atoms with Crippen LogP contribution >= 0.6 is 0 Å². The summed E-state index contributed by atoms with van der Waals surface area (Å²) in [6.07, 6.45) is 1.36. The number of hydrogen-bond acceptors (Lipinski definition) is 6. The molecule has 0 aliphatic carbocycles. The Kier molecular flexibility index (Phi) is 3.82. The Bertz CT molecular complexity index is 587. The van der Waals surface area contributed by atoms with Crippen LogP contribution in [0.1, 0.15) is 11.1 Å². The zero-order valence-electron chi connectivity index (χ0n) is 11.1. The smallest absolute Gasteiger partial charge is 0.268 e. The molecule has 0 unspecified atom stereocenters. The van der Waals surface area contributed by atoms with Gasteiger partial charge in [0.25, 0.3) is 5.88 Å². The van der Waals surface area contributed by atoms with Gasteiger partial charge in [0, 0.05) is 0 Å². The number of methoxy groups -OCH3 is 1. The SMILES string of the molecule is COc1c(NN)ncnc1Oc1ccc(C)cc1C. The van der Waals surface area contributed by atoms with Crippen molar-refractivity contribution < 1.29 is 9.47 Å². The van der Waals surface area contributed by atoms with Crippen molar-refractivity contribution in [3.8, 4) is 17.4 Å². The molecule has 0 saturated heterocycles. The summed E-state index contributed by atoms with van der Waals surface area (Å²) in [7, 11) is 1.51. The number of nitrogens with zero attached hydrogens (tertiary/aromatic N) is 2. The summed E-state index contributed by atoms with van der Waals surface area (Å²) in [4.78, 5) is 8.02. The predicted molar refractivity (Wildman–Crippen MR) is 72.4 cm³/mol. The van der Waals surface area contributed by atoms with Crippen LogP contribution in [0.5, 0.6) is 17.4 Å². The standard InChI is InChI=1S/C13H16N4O2/c1-8-4-5-10(9(2)6-8)19-13-11(18-3)12(17-14)15-7-16-13/h4-7H,14H2,1-3H3,(H,15,16,17). The maximum absolute atomic E-state index is 5.76. The monoisotopic (exact) mass is 260 g/mol. The molecule has 6 nitrogen and oxygen atoms in total. The lowest BCUT2D eigenvalue weighted by Gasteiger charge is -2.13. The Morgan fingerprint density at radius 1 is 1.21 bits per heavy atom. The first-order chi connectivity index (χ1) is 9.15.